The highest BCUT2D eigenvalue weighted by Gasteiger charge is 2.53. The molecule has 92 valence electrons. The Kier molecular flexibility index (Phi) is 2.85. The van der Waals surface area contributed by atoms with E-state index in [2.05, 4.69) is 48.0 Å². The van der Waals surface area contributed by atoms with Crippen molar-refractivity contribution in [2.45, 2.75) is 39.5 Å². The Morgan fingerprint density at radius 1 is 1.18 bits per heavy atom. The van der Waals surface area contributed by atoms with E-state index < -0.39 is 0 Å². The molecule has 0 saturated heterocycles. The number of halogens is 1. The first-order valence-corrected chi connectivity index (χ1v) is 7.87. The molecule has 2 fully saturated rings. The fourth-order valence-electron chi connectivity index (χ4n) is 3.81. The summed E-state index contributed by atoms with van der Waals surface area (Å²) in [6.45, 7) is 4.53. The maximum absolute atomic E-state index is 3.79. The van der Waals surface area contributed by atoms with Crippen molar-refractivity contribution in [3.8, 4) is 0 Å². The molecule has 0 nitrogen and oxygen atoms in total. The Labute approximate surface area is 113 Å². The Morgan fingerprint density at radius 3 is 2.29 bits per heavy atom. The standard InChI is InChI=1S/C16H21Br/c1-11-4-3-5-12(2)15(11)9-16(10-17)7-13-6-14(13)8-16/h3-5,13-14H,6-10H2,1-2H3. The number of hydrogen-bond donors (Lipinski definition) is 0. The second-order valence-corrected chi connectivity index (χ2v) is 6.91. The first kappa shape index (κ1) is 11.8. The van der Waals surface area contributed by atoms with Crippen LogP contribution in [0.15, 0.2) is 18.2 Å². The number of alkyl halides is 1. The van der Waals surface area contributed by atoms with E-state index in [9.17, 15) is 0 Å². The Morgan fingerprint density at radius 2 is 1.76 bits per heavy atom. The molecule has 0 aromatic heterocycles. The van der Waals surface area contributed by atoms with Crippen molar-refractivity contribution in [3.05, 3.63) is 34.9 Å². The third kappa shape index (κ3) is 2.07. The van der Waals surface area contributed by atoms with E-state index in [0.29, 0.717) is 5.41 Å². The number of aryl methyl sites for hydroxylation is 2. The molecule has 0 radical (unpaired) electrons. The van der Waals surface area contributed by atoms with Crippen molar-refractivity contribution in [2.75, 3.05) is 5.33 Å². The fraction of sp³-hybridized carbons (Fsp3) is 0.625. The van der Waals surface area contributed by atoms with Gasteiger partial charge in [-0.1, -0.05) is 34.1 Å². The minimum atomic E-state index is 0.560. The van der Waals surface area contributed by atoms with Crippen LogP contribution in [0, 0.1) is 31.1 Å². The summed E-state index contributed by atoms with van der Waals surface area (Å²) < 4.78 is 0. The largest absolute Gasteiger partial charge is 0.0922 e. The van der Waals surface area contributed by atoms with Gasteiger partial charge < -0.3 is 0 Å². The van der Waals surface area contributed by atoms with Crippen LogP contribution in [0.2, 0.25) is 0 Å². The molecule has 17 heavy (non-hydrogen) atoms. The zero-order chi connectivity index (χ0) is 12.0. The van der Waals surface area contributed by atoms with Crippen LogP contribution >= 0.6 is 15.9 Å². The molecule has 2 saturated carbocycles. The smallest absolute Gasteiger partial charge is 0.00913 e. The number of benzene rings is 1. The summed E-state index contributed by atoms with van der Waals surface area (Å²) in [5.74, 6) is 2.13. The summed E-state index contributed by atoms with van der Waals surface area (Å²) in [7, 11) is 0. The lowest BCUT2D eigenvalue weighted by molar-refractivity contribution is 0.307. The van der Waals surface area contributed by atoms with Crippen molar-refractivity contribution < 1.29 is 0 Å². The van der Waals surface area contributed by atoms with E-state index in [1.165, 1.54) is 42.1 Å². The van der Waals surface area contributed by atoms with Crippen LogP contribution in [-0.2, 0) is 6.42 Å². The molecule has 2 atom stereocenters. The van der Waals surface area contributed by atoms with Crippen molar-refractivity contribution in [1.82, 2.24) is 0 Å². The van der Waals surface area contributed by atoms with Crippen LogP contribution in [0.25, 0.3) is 0 Å². The van der Waals surface area contributed by atoms with Crippen LogP contribution in [0.5, 0.6) is 0 Å². The minimum absolute atomic E-state index is 0.560. The molecular weight excluding hydrogens is 272 g/mol. The van der Waals surface area contributed by atoms with Crippen LogP contribution in [0.3, 0.4) is 0 Å². The number of hydrogen-bond acceptors (Lipinski definition) is 0. The van der Waals surface area contributed by atoms with Crippen LogP contribution in [0.4, 0.5) is 0 Å². The van der Waals surface area contributed by atoms with Gasteiger partial charge in [0.2, 0.25) is 0 Å². The van der Waals surface area contributed by atoms with Gasteiger partial charge in [-0.05, 0) is 73.5 Å². The molecule has 0 spiro atoms. The Balaban J connectivity index is 1.86. The van der Waals surface area contributed by atoms with Crippen molar-refractivity contribution in [1.29, 1.82) is 0 Å². The topological polar surface area (TPSA) is 0 Å². The molecule has 2 unspecified atom stereocenters. The third-order valence-electron chi connectivity index (χ3n) is 4.94. The monoisotopic (exact) mass is 292 g/mol. The van der Waals surface area contributed by atoms with Gasteiger partial charge in [0.05, 0.1) is 0 Å². The van der Waals surface area contributed by atoms with E-state index in [1.54, 1.807) is 5.56 Å². The van der Waals surface area contributed by atoms with Crippen molar-refractivity contribution in [3.63, 3.8) is 0 Å². The van der Waals surface area contributed by atoms with Gasteiger partial charge in [-0.25, -0.2) is 0 Å². The summed E-state index contributed by atoms with van der Waals surface area (Å²) in [5, 5.41) is 1.18. The first-order valence-electron chi connectivity index (χ1n) is 6.75. The van der Waals surface area contributed by atoms with Gasteiger partial charge in [0.15, 0.2) is 0 Å². The molecule has 0 amide bonds. The lowest BCUT2D eigenvalue weighted by Gasteiger charge is -2.30. The SMILES string of the molecule is Cc1cccc(C)c1CC1(CBr)CC2CC2C1. The highest BCUT2D eigenvalue weighted by atomic mass is 79.9. The third-order valence-corrected chi connectivity index (χ3v) is 6.13. The average molecular weight is 293 g/mol. The van der Waals surface area contributed by atoms with E-state index >= 15 is 0 Å². The molecular formula is C16H21Br. The molecule has 0 bridgehead atoms. The molecule has 0 heterocycles. The number of rotatable bonds is 3. The maximum atomic E-state index is 3.79. The normalized spacial score (nSPS) is 34.8. The molecule has 2 aliphatic carbocycles. The summed E-state index contributed by atoms with van der Waals surface area (Å²) in [6.07, 6.45) is 5.71. The summed E-state index contributed by atoms with van der Waals surface area (Å²) in [5.41, 5.74) is 5.12. The van der Waals surface area contributed by atoms with E-state index in [-0.39, 0.29) is 0 Å². The molecule has 2 aliphatic rings. The van der Waals surface area contributed by atoms with Gasteiger partial charge in [0.1, 0.15) is 0 Å². The molecule has 1 heteroatoms. The predicted octanol–water partition coefficient (Wildman–Crippen LogP) is 4.66. The Hall–Kier alpha value is -0.300. The average Bonchev–Trinajstić information content (AvgIpc) is 2.93. The summed E-state index contributed by atoms with van der Waals surface area (Å²) in [4.78, 5) is 0. The quantitative estimate of drug-likeness (QED) is 0.711. The van der Waals surface area contributed by atoms with Crippen LogP contribution in [-0.4, -0.2) is 5.33 Å². The molecule has 3 rings (SSSR count). The zero-order valence-corrected chi connectivity index (χ0v) is 12.4. The second kappa shape index (κ2) is 4.12. The maximum Gasteiger partial charge on any atom is 0.00913 e. The first-order chi connectivity index (χ1) is 8.13. The van der Waals surface area contributed by atoms with Crippen LogP contribution < -0.4 is 0 Å². The number of fused-ring (bicyclic) bond motifs is 1. The van der Waals surface area contributed by atoms with Gasteiger partial charge in [0, 0.05) is 5.33 Å². The van der Waals surface area contributed by atoms with Gasteiger partial charge in [0.25, 0.3) is 0 Å². The van der Waals surface area contributed by atoms with Gasteiger partial charge in [-0.2, -0.15) is 0 Å². The lowest BCUT2D eigenvalue weighted by atomic mass is 9.77. The Bertz CT molecular complexity index is 405. The van der Waals surface area contributed by atoms with E-state index in [1.807, 2.05) is 0 Å². The van der Waals surface area contributed by atoms with E-state index in [4.69, 9.17) is 0 Å². The highest BCUT2D eigenvalue weighted by molar-refractivity contribution is 9.09. The second-order valence-electron chi connectivity index (χ2n) is 6.34. The predicted molar refractivity (Wildman–Crippen MR) is 76.7 cm³/mol. The van der Waals surface area contributed by atoms with Crippen molar-refractivity contribution >= 4 is 15.9 Å². The summed E-state index contributed by atoms with van der Waals surface area (Å²) in [6, 6.07) is 6.71. The minimum Gasteiger partial charge on any atom is -0.0922 e. The molecule has 0 N–H and O–H groups in total. The van der Waals surface area contributed by atoms with Gasteiger partial charge >= 0.3 is 0 Å². The molecule has 1 aromatic carbocycles. The van der Waals surface area contributed by atoms with Crippen molar-refractivity contribution in [2.24, 2.45) is 17.3 Å². The molecule has 0 aliphatic heterocycles. The summed E-state index contributed by atoms with van der Waals surface area (Å²) >= 11 is 3.79. The van der Waals surface area contributed by atoms with Gasteiger partial charge in [-0.15, -0.1) is 0 Å². The fourth-order valence-corrected chi connectivity index (χ4v) is 4.47. The highest BCUT2D eigenvalue weighted by Crippen LogP contribution is 2.61. The lowest BCUT2D eigenvalue weighted by Crippen LogP contribution is -2.24. The van der Waals surface area contributed by atoms with E-state index in [0.717, 1.165) is 11.8 Å². The van der Waals surface area contributed by atoms with Gasteiger partial charge in [-0.3, -0.25) is 0 Å². The molecule has 1 aromatic rings. The zero-order valence-electron chi connectivity index (χ0n) is 10.8. The van der Waals surface area contributed by atoms with Crippen LogP contribution in [0.1, 0.15) is 36.0 Å².